The topological polar surface area (TPSA) is 82.1 Å². The summed E-state index contributed by atoms with van der Waals surface area (Å²) in [6.07, 6.45) is 9.22. The Bertz CT molecular complexity index is 631. The molecule has 1 heterocycles. The second-order valence-corrected chi connectivity index (χ2v) is 7.90. The Kier molecular flexibility index (Phi) is 9.69. The molecule has 1 aliphatic heterocycles. The van der Waals surface area contributed by atoms with Gasteiger partial charge in [0.2, 0.25) is 0 Å². The summed E-state index contributed by atoms with van der Waals surface area (Å²) in [5.74, 6) is 5.66. The van der Waals surface area contributed by atoms with E-state index in [1.54, 1.807) is 6.92 Å². The standard InChI is InChI=1S/C23H34O6/c1-4-5-6-9-17(25)12-13-19-20-14-18(10-7-8-11-23(26)27-3)29-22(20)15-21(19)28-16(2)24/h12-13,17-22,25H,6-11,14-15H2,1-3H3/t17-,18-,19+,20+,21+,22-/m0/s1. The highest BCUT2D eigenvalue weighted by Crippen LogP contribution is 2.46. The second-order valence-electron chi connectivity index (χ2n) is 7.90. The van der Waals surface area contributed by atoms with Gasteiger partial charge in [-0.3, -0.25) is 9.59 Å². The molecule has 6 atom stereocenters. The molecule has 0 bridgehead atoms. The maximum atomic E-state index is 11.5. The maximum absolute atomic E-state index is 11.5. The van der Waals surface area contributed by atoms with Crippen molar-refractivity contribution in [1.82, 2.24) is 0 Å². The molecule has 1 saturated carbocycles. The van der Waals surface area contributed by atoms with E-state index in [0.717, 1.165) is 25.7 Å². The molecule has 6 heteroatoms. The van der Waals surface area contributed by atoms with Crippen molar-refractivity contribution in [1.29, 1.82) is 0 Å². The largest absolute Gasteiger partial charge is 0.469 e. The number of esters is 2. The lowest BCUT2D eigenvalue weighted by Gasteiger charge is -2.21. The van der Waals surface area contributed by atoms with Crippen LogP contribution in [-0.2, 0) is 23.8 Å². The Balaban J connectivity index is 1.89. The molecule has 1 aliphatic carbocycles. The number of hydrogen-bond donors (Lipinski definition) is 1. The molecule has 2 fully saturated rings. The van der Waals surface area contributed by atoms with Gasteiger partial charge in [-0.15, -0.1) is 11.8 Å². The predicted molar refractivity (Wildman–Crippen MR) is 109 cm³/mol. The number of carbonyl (C=O) groups excluding carboxylic acids is 2. The first kappa shape index (κ1) is 23.4. The molecule has 6 nitrogen and oxygen atoms in total. The molecular formula is C23H34O6. The molecule has 0 radical (unpaired) electrons. The normalized spacial score (nSPS) is 29.2. The quantitative estimate of drug-likeness (QED) is 0.260. The van der Waals surface area contributed by atoms with Gasteiger partial charge >= 0.3 is 11.9 Å². The van der Waals surface area contributed by atoms with Crippen molar-refractivity contribution < 1.29 is 28.9 Å². The van der Waals surface area contributed by atoms with Gasteiger partial charge in [-0.05, 0) is 38.5 Å². The van der Waals surface area contributed by atoms with Crippen LogP contribution in [0.1, 0.15) is 65.2 Å². The smallest absolute Gasteiger partial charge is 0.305 e. The van der Waals surface area contributed by atoms with Gasteiger partial charge in [0.25, 0.3) is 0 Å². The van der Waals surface area contributed by atoms with Crippen LogP contribution in [0.25, 0.3) is 0 Å². The third-order valence-corrected chi connectivity index (χ3v) is 5.77. The average molecular weight is 407 g/mol. The Labute approximate surface area is 174 Å². The number of fused-ring (bicyclic) bond motifs is 1. The molecular weight excluding hydrogens is 372 g/mol. The van der Waals surface area contributed by atoms with Gasteiger partial charge in [0.15, 0.2) is 0 Å². The summed E-state index contributed by atoms with van der Waals surface area (Å²) in [7, 11) is 1.41. The molecule has 0 aromatic rings. The summed E-state index contributed by atoms with van der Waals surface area (Å²) in [5.41, 5.74) is 0. The van der Waals surface area contributed by atoms with Crippen LogP contribution in [0.4, 0.5) is 0 Å². The van der Waals surface area contributed by atoms with Gasteiger partial charge < -0.3 is 19.3 Å². The van der Waals surface area contributed by atoms with E-state index in [-0.39, 0.29) is 42.1 Å². The number of ether oxygens (including phenoxy) is 3. The summed E-state index contributed by atoms with van der Waals surface area (Å²) in [6, 6.07) is 0. The Morgan fingerprint density at radius 2 is 2.10 bits per heavy atom. The van der Waals surface area contributed by atoms with Gasteiger partial charge in [-0.1, -0.05) is 18.6 Å². The number of aliphatic hydroxyl groups is 1. The van der Waals surface area contributed by atoms with E-state index in [0.29, 0.717) is 25.7 Å². The van der Waals surface area contributed by atoms with Gasteiger partial charge in [-0.25, -0.2) is 0 Å². The van der Waals surface area contributed by atoms with E-state index in [2.05, 4.69) is 16.6 Å². The lowest BCUT2D eigenvalue weighted by Crippen LogP contribution is -2.24. The van der Waals surface area contributed by atoms with Crippen molar-refractivity contribution in [2.24, 2.45) is 11.8 Å². The molecule has 1 saturated heterocycles. The summed E-state index contributed by atoms with van der Waals surface area (Å²) in [5, 5.41) is 10.2. The van der Waals surface area contributed by atoms with Crippen LogP contribution in [-0.4, -0.2) is 48.6 Å². The molecule has 0 amide bonds. The fourth-order valence-electron chi connectivity index (χ4n) is 4.39. The second kappa shape index (κ2) is 12.0. The molecule has 0 unspecified atom stereocenters. The van der Waals surface area contributed by atoms with Crippen molar-refractivity contribution in [2.75, 3.05) is 7.11 Å². The van der Waals surface area contributed by atoms with Crippen LogP contribution in [0, 0.1) is 23.7 Å². The number of aliphatic hydroxyl groups excluding tert-OH is 1. The van der Waals surface area contributed by atoms with E-state index >= 15 is 0 Å². The minimum atomic E-state index is -0.552. The number of methoxy groups -OCH3 is 1. The maximum Gasteiger partial charge on any atom is 0.305 e. The van der Waals surface area contributed by atoms with Crippen LogP contribution >= 0.6 is 0 Å². The number of unbranched alkanes of at least 4 members (excludes halogenated alkanes) is 1. The molecule has 2 rings (SSSR count). The molecule has 0 aromatic carbocycles. The van der Waals surface area contributed by atoms with Crippen LogP contribution in [0.2, 0.25) is 0 Å². The lowest BCUT2D eigenvalue weighted by molar-refractivity contribution is -0.148. The average Bonchev–Trinajstić information content (AvgIpc) is 3.20. The molecule has 1 N–H and O–H groups in total. The van der Waals surface area contributed by atoms with Crippen LogP contribution < -0.4 is 0 Å². The SMILES string of the molecule is CC#CCC[C@H](O)C=C[C@@H]1[C@H]2C[C@H](CCCCC(=O)OC)O[C@H]2C[C@H]1OC(C)=O. The summed E-state index contributed by atoms with van der Waals surface area (Å²) >= 11 is 0. The van der Waals surface area contributed by atoms with Gasteiger partial charge in [0.1, 0.15) is 6.10 Å². The highest BCUT2D eigenvalue weighted by atomic mass is 16.6. The highest BCUT2D eigenvalue weighted by Gasteiger charge is 2.49. The van der Waals surface area contributed by atoms with Gasteiger partial charge in [-0.2, -0.15) is 0 Å². The third kappa shape index (κ3) is 7.49. The lowest BCUT2D eigenvalue weighted by atomic mass is 9.88. The monoisotopic (exact) mass is 406 g/mol. The van der Waals surface area contributed by atoms with Gasteiger partial charge in [0.05, 0.1) is 25.4 Å². The third-order valence-electron chi connectivity index (χ3n) is 5.77. The minimum Gasteiger partial charge on any atom is -0.469 e. The number of carbonyl (C=O) groups is 2. The highest BCUT2D eigenvalue weighted by molar-refractivity contribution is 5.69. The number of hydrogen-bond acceptors (Lipinski definition) is 6. The molecule has 0 aromatic heterocycles. The summed E-state index contributed by atoms with van der Waals surface area (Å²) < 4.78 is 16.4. The van der Waals surface area contributed by atoms with Crippen molar-refractivity contribution in [3.63, 3.8) is 0 Å². The first-order valence-electron chi connectivity index (χ1n) is 10.6. The van der Waals surface area contributed by atoms with Crippen molar-refractivity contribution >= 4 is 11.9 Å². The Morgan fingerprint density at radius 3 is 2.79 bits per heavy atom. The van der Waals surface area contributed by atoms with E-state index in [1.807, 2.05) is 12.2 Å². The zero-order chi connectivity index (χ0) is 21.2. The molecule has 2 aliphatic rings. The van der Waals surface area contributed by atoms with Crippen LogP contribution in [0.5, 0.6) is 0 Å². The van der Waals surface area contributed by atoms with Crippen molar-refractivity contribution in [3.05, 3.63) is 12.2 Å². The Morgan fingerprint density at radius 1 is 1.31 bits per heavy atom. The first-order valence-corrected chi connectivity index (χ1v) is 10.6. The van der Waals surface area contributed by atoms with Crippen molar-refractivity contribution in [3.8, 4) is 11.8 Å². The summed E-state index contributed by atoms with van der Waals surface area (Å²) in [4.78, 5) is 22.7. The zero-order valence-corrected chi connectivity index (χ0v) is 17.8. The fraction of sp³-hybridized carbons (Fsp3) is 0.739. The van der Waals surface area contributed by atoms with Crippen LogP contribution in [0.15, 0.2) is 12.2 Å². The summed E-state index contributed by atoms with van der Waals surface area (Å²) in [6.45, 7) is 3.22. The molecule has 29 heavy (non-hydrogen) atoms. The van der Waals surface area contributed by atoms with E-state index in [1.165, 1.54) is 14.0 Å². The first-order chi connectivity index (χ1) is 13.9. The predicted octanol–water partition coefficient (Wildman–Crippen LogP) is 3.17. The zero-order valence-electron chi connectivity index (χ0n) is 17.8. The van der Waals surface area contributed by atoms with Crippen molar-refractivity contribution in [2.45, 2.75) is 89.6 Å². The van der Waals surface area contributed by atoms with E-state index in [4.69, 9.17) is 9.47 Å². The van der Waals surface area contributed by atoms with E-state index < -0.39 is 6.10 Å². The van der Waals surface area contributed by atoms with Crippen LogP contribution in [0.3, 0.4) is 0 Å². The number of rotatable bonds is 10. The van der Waals surface area contributed by atoms with E-state index in [9.17, 15) is 14.7 Å². The minimum absolute atomic E-state index is 0.0517. The molecule has 0 spiro atoms. The molecule has 162 valence electrons. The Hall–Kier alpha value is -1.84. The van der Waals surface area contributed by atoms with Gasteiger partial charge in [0, 0.05) is 32.1 Å². The fourth-order valence-corrected chi connectivity index (χ4v) is 4.39.